The molecule has 0 aromatic carbocycles. The number of hydrogen-bond acceptors (Lipinski definition) is 12. The zero-order chi connectivity index (χ0) is 19.4. The van der Waals surface area contributed by atoms with Crippen molar-refractivity contribution in [2.45, 2.75) is 48.8 Å². The van der Waals surface area contributed by atoms with Gasteiger partial charge in [0, 0.05) is 0 Å². The van der Waals surface area contributed by atoms with Crippen molar-refractivity contribution in [2.75, 3.05) is 13.2 Å². The predicted molar refractivity (Wildman–Crippen MR) is 74.4 cm³/mol. The number of carbonyl (C=O) groups excluding carboxylic acids is 2. The lowest BCUT2D eigenvalue weighted by Crippen LogP contribution is -2.46. The average Bonchev–Trinajstić information content (AvgIpc) is 2.62. The first-order chi connectivity index (χ1) is 11.1. The Morgan fingerprint density at radius 2 is 0.792 bits per heavy atom. The van der Waals surface area contributed by atoms with Gasteiger partial charge in [0.1, 0.15) is 48.8 Å². The molecule has 0 saturated carbocycles. The zero-order valence-corrected chi connectivity index (χ0v) is 12.5. The van der Waals surface area contributed by atoms with E-state index >= 15 is 0 Å². The summed E-state index contributed by atoms with van der Waals surface area (Å²) in [6.45, 7) is -1.52. The summed E-state index contributed by atoms with van der Waals surface area (Å²) >= 11 is 0. The first kappa shape index (κ1) is 25.2. The van der Waals surface area contributed by atoms with Crippen LogP contribution in [-0.4, -0.2) is 126 Å². The molecule has 12 nitrogen and oxygen atoms in total. The Morgan fingerprint density at radius 1 is 0.542 bits per heavy atom. The topological polar surface area (TPSA) is 236 Å². The van der Waals surface area contributed by atoms with Gasteiger partial charge in [-0.15, -0.1) is 0 Å². The maximum absolute atomic E-state index is 9.90. The monoisotopic (exact) mass is 360 g/mol. The van der Waals surface area contributed by atoms with E-state index in [1.807, 2.05) is 0 Å². The number of aliphatic hydroxyl groups is 10. The molecule has 0 aromatic rings. The highest BCUT2D eigenvalue weighted by Gasteiger charge is 2.30. The Labute approximate surface area is 136 Å². The SMILES string of the molecule is O=C[C@@H](O)[C@H](O)[C@@H](O)[C@@H](O)CO.O=C[C@@H](O)[C@H](O)[C@@H](O)[C@@H](O)CO. The van der Waals surface area contributed by atoms with Gasteiger partial charge in [0.15, 0.2) is 12.6 Å². The Bertz CT molecular complexity index is 308. The summed E-state index contributed by atoms with van der Waals surface area (Å²) in [5.74, 6) is 0. The Hall–Kier alpha value is -1.06. The van der Waals surface area contributed by atoms with Crippen LogP contribution in [0.2, 0.25) is 0 Å². The summed E-state index contributed by atoms with van der Waals surface area (Å²) < 4.78 is 0. The van der Waals surface area contributed by atoms with E-state index in [1.165, 1.54) is 0 Å². The Kier molecular flexibility index (Phi) is 13.9. The molecule has 0 radical (unpaired) electrons. The quantitative estimate of drug-likeness (QED) is 0.164. The van der Waals surface area contributed by atoms with Gasteiger partial charge in [-0.3, -0.25) is 0 Å². The van der Waals surface area contributed by atoms with Gasteiger partial charge in [-0.25, -0.2) is 0 Å². The van der Waals surface area contributed by atoms with Crippen LogP contribution in [0.15, 0.2) is 0 Å². The van der Waals surface area contributed by atoms with E-state index in [0.29, 0.717) is 0 Å². The number of aliphatic hydroxyl groups excluding tert-OH is 10. The van der Waals surface area contributed by atoms with Crippen molar-refractivity contribution in [1.82, 2.24) is 0 Å². The molecule has 0 fully saturated rings. The molecule has 0 aromatic heterocycles. The molecular formula is C12H24O12. The van der Waals surface area contributed by atoms with E-state index in [9.17, 15) is 9.59 Å². The van der Waals surface area contributed by atoms with E-state index < -0.39 is 62.0 Å². The molecular weight excluding hydrogens is 336 g/mol. The molecule has 144 valence electrons. The van der Waals surface area contributed by atoms with E-state index in [4.69, 9.17) is 51.1 Å². The van der Waals surface area contributed by atoms with Gasteiger partial charge in [-0.05, 0) is 0 Å². The van der Waals surface area contributed by atoms with Crippen LogP contribution in [0, 0.1) is 0 Å². The normalized spacial score (nSPS) is 21.1. The molecule has 0 bridgehead atoms. The lowest BCUT2D eigenvalue weighted by Gasteiger charge is -2.22. The number of hydrogen-bond donors (Lipinski definition) is 10. The summed E-state index contributed by atoms with van der Waals surface area (Å²) in [4.78, 5) is 19.8. The van der Waals surface area contributed by atoms with Gasteiger partial charge in [-0.1, -0.05) is 0 Å². The van der Waals surface area contributed by atoms with E-state index in [-0.39, 0.29) is 12.6 Å². The van der Waals surface area contributed by atoms with Gasteiger partial charge in [0.25, 0.3) is 0 Å². The maximum atomic E-state index is 9.90. The molecule has 0 amide bonds. The lowest BCUT2D eigenvalue weighted by atomic mass is 10.0. The van der Waals surface area contributed by atoms with Gasteiger partial charge in [-0.2, -0.15) is 0 Å². The Balaban J connectivity index is 0. The molecule has 0 spiro atoms. The lowest BCUT2D eigenvalue weighted by molar-refractivity contribution is -0.136. The van der Waals surface area contributed by atoms with Crippen LogP contribution < -0.4 is 0 Å². The number of rotatable bonds is 10. The standard InChI is InChI=1S/2C6H12O6/c2*7-1-3(9)5(11)6(12)4(10)2-8/h2*1,3-6,8-12H,2H2/t2*3-,4+,5+,6+/m11/s1. The van der Waals surface area contributed by atoms with E-state index in [1.54, 1.807) is 0 Å². The molecule has 12 heteroatoms. The van der Waals surface area contributed by atoms with Crippen LogP contribution in [0.1, 0.15) is 0 Å². The molecule has 10 N–H and O–H groups in total. The molecule has 24 heavy (non-hydrogen) atoms. The van der Waals surface area contributed by atoms with E-state index in [0.717, 1.165) is 0 Å². The molecule has 0 aliphatic rings. The van der Waals surface area contributed by atoms with Crippen LogP contribution in [0.3, 0.4) is 0 Å². The van der Waals surface area contributed by atoms with Gasteiger partial charge >= 0.3 is 0 Å². The van der Waals surface area contributed by atoms with Gasteiger partial charge in [0.05, 0.1) is 13.2 Å². The molecule has 0 rings (SSSR count). The van der Waals surface area contributed by atoms with Gasteiger partial charge in [0.2, 0.25) is 0 Å². The second kappa shape index (κ2) is 13.3. The van der Waals surface area contributed by atoms with Crippen molar-refractivity contribution >= 4 is 12.6 Å². The predicted octanol–water partition coefficient (Wildman–Crippen LogP) is -6.76. The van der Waals surface area contributed by atoms with Crippen molar-refractivity contribution in [2.24, 2.45) is 0 Å². The van der Waals surface area contributed by atoms with Crippen molar-refractivity contribution in [1.29, 1.82) is 0 Å². The fourth-order valence-corrected chi connectivity index (χ4v) is 1.24. The van der Waals surface area contributed by atoms with Crippen LogP contribution >= 0.6 is 0 Å². The summed E-state index contributed by atoms with van der Waals surface area (Å²) in [6.07, 6.45) is -13.7. The van der Waals surface area contributed by atoms with E-state index in [2.05, 4.69) is 0 Å². The zero-order valence-electron chi connectivity index (χ0n) is 12.5. The van der Waals surface area contributed by atoms with Crippen LogP contribution in [0.25, 0.3) is 0 Å². The van der Waals surface area contributed by atoms with Crippen LogP contribution in [0.5, 0.6) is 0 Å². The van der Waals surface area contributed by atoms with Crippen LogP contribution in [-0.2, 0) is 9.59 Å². The summed E-state index contributed by atoms with van der Waals surface area (Å²) in [7, 11) is 0. The minimum Gasteiger partial charge on any atom is -0.394 e. The molecule has 0 aliphatic heterocycles. The number of carbonyl (C=O) groups is 2. The third-order valence-corrected chi connectivity index (χ3v) is 2.84. The highest BCUT2D eigenvalue weighted by atomic mass is 16.4. The summed E-state index contributed by atoms with van der Waals surface area (Å²) in [5, 5.41) is 87.1. The number of aldehydes is 2. The van der Waals surface area contributed by atoms with Crippen molar-refractivity contribution < 1.29 is 60.7 Å². The Morgan fingerprint density at radius 3 is 0.958 bits per heavy atom. The smallest absolute Gasteiger partial charge is 0.151 e. The maximum Gasteiger partial charge on any atom is 0.151 e. The minimum atomic E-state index is -1.79. The molecule has 8 atom stereocenters. The highest BCUT2D eigenvalue weighted by molar-refractivity contribution is 5.57. The molecule has 0 heterocycles. The third-order valence-electron chi connectivity index (χ3n) is 2.84. The third kappa shape index (κ3) is 8.70. The largest absolute Gasteiger partial charge is 0.394 e. The second-order valence-corrected chi connectivity index (χ2v) is 4.72. The fraction of sp³-hybridized carbons (Fsp3) is 0.833. The summed E-state index contributed by atoms with van der Waals surface area (Å²) in [6, 6.07) is 0. The van der Waals surface area contributed by atoms with Crippen molar-refractivity contribution in [3.05, 3.63) is 0 Å². The van der Waals surface area contributed by atoms with Crippen molar-refractivity contribution in [3.63, 3.8) is 0 Å². The molecule has 0 aliphatic carbocycles. The second-order valence-electron chi connectivity index (χ2n) is 4.72. The van der Waals surface area contributed by atoms with Gasteiger partial charge < -0.3 is 60.7 Å². The summed E-state index contributed by atoms with van der Waals surface area (Å²) in [5.41, 5.74) is 0. The fourth-order valence-electron chi connectivity index (χ4n) is 1.24. The first-order valence-corrected chi connectivity index (χ1v) is 6.65. The molecule has 0 unspecified atom stereocenters. The first-order valence-electron chi connectivity index (χ1n) is 6.65. The minimum absolute atomic E-state index is 0.0258. The molecule has 0 saturated heterocycles. The van der Waals surface area contributed by atoms with Crippen molar-refractivity contribution in [3.8, 4) is 0 Å². The highest BCUT2D eigenvalue weighted by Crippen LogP contribution is 2.03. The average molecular weight is 360 g/mol. The van der Waals surface area contributed by atoms with Crippen LogP contribution in [0.4, 0.5) is 0 Å².